The van der Waals surface area contributed by atoms with Crippen LogP contribution in [0, 0.1) is 0 Å². The highest BCUT2D eigenvalue weighted by Crippen LogP contribution is 2.28. The van der Waals surface area contributed by atoms with Gasteiger partial charge in [-0.2, -0.15) is 0 Å². The normalized spacial score (nSPS) is 13.8. The number of aromatic carboxylic acids is 1. The van der Waals surface area contributed by atoms with Crippen molar-refractivity contribution in [1.82, 2.24) is 15.2 Å². The van der Waals surface area contributed by atoms with Crippen LogP contribution in [0.3, 0.4) is 0 Å². The fourth-order valence-electron chi connectivity index (χ4n) is 4.22. The fraction of sp³-hybridized carbons (Fsp3) is 0.346. The molecule has 1 amide bonds. The molecule has 0 saturated carbocycles. The minimum absolute atomic E-state index is 0. The van der Waals surface area contributed by atoms with Gasteiger partial charge in [0.15, 0.2) is 0 Å². The number of anilines is 2. The van der Waals surface area contributed by atoms with E-state index in [-0.39, 0.29) is 64.8 Å². The number of amides is 1. The van der Waals surface area contributed by atoms with Gasteiger partial charge >= 0.3 is 5.97 Å². The molecule has 0 unspecified atom stereocenters. The number of hydrogen-bond acceptors (Lipinski definition) is 7. The zero-order valence-electron chi connectivity index (χ0n) is 22.3. The number of sulfonamides is 1. The number of carbonyl (C=O) groups is 2. The molecule has 0 spiro atoms. The van der Waals surface area contributed by atoms with E-state index in [1.165, 1.54) is 24.3 Å². The number of aromatic nitrogens is 1. The summed E-state index contributed by atoms with van der Waals surface area (Å²) in [4.78, 5) is 33.2. The SMILES string of the molecule is CC(C)(C)NC(=O)CN1CCN(c2cc(C(=O)O)c3cc(NS(=O)(=O)c4ccccc4)ccc3n2)CC1.Cl.Cl.Cl. The number of halogens is 3. The Morgan fingerprint density at radius 1 is 0.950 bits per heavy atom. The smallest absolute Gasteiger partial charge is 0.336 e. The molecule has 1 saturated heterocycles. The van der Waals surface area contributed by atoms with Gasteiger partial charge in [0.2, 0.25) is 5.91 Å². The summed E-state index contributed by atoms with van der Waals surface area (Å²) in [5.41, 5.74) is 0.440. The van der Waals surface area contributed by atoms with Crippen LogP contribution in [0.4, 0.5) is 11.5 Å². The second-order valence-corrected chi connectivity index (χ2v) is 11.7. The van der Waals surface area contributed by atoms with Crippen LogP contribution >= 0.6 is 37.2 Å². The van der Waals surface area contributed by atoms with Crippen molar-refractivity contribution in [2.45, 2.75) is 31.2 Å². The summed E-state index contributed by atoms with van der Waals surface area (Å²) in [6, 6.07) is 14.1. The molecule has 3 aromatic rings. The third kappa shape index (κ3) is 8.84. The zero-order chi connectivity index (χ0) is 26.8. The summed E-state index contributed by atoms with van der Waals surface area (Å²) in [7, 11) is -3.82. The van der Waals surface area contributed by atoms with Gasteiger partial charge in [0.05, 0.1) is 22.5 Å². The Morgan fingerprint density at radius 3 is 2.15 bits per heavy atom. The summed E-state index contributed by atoms with van der Waals surface area (Å²) in [6.07, 6.45) is 0. The molecule has 14 heteroatoms. The average Bonchev–Trinajstić information content (AvgIpc) is 2.83. The van der Waals surface area contributed by atoms with Crippen molar-refractivity contribution in [3.05, 3.63) is 60.2 Å². The van der Waals surface area contributed by atoms with Crippen molar-refractivity contribution in [2.75, 3.05) is 42.3 Å². The number of rotatable bonds is 7. The lowest BCUT2D eigenvalue weighted by Crippen LogP contribution is -2.52. The summed E-state index contributed by atoms with van der Waals surface area (Å²) in [6.45, 7) is 8.59. The van der Waals surface area contributed by atoms with Gasteiger partial charge < -0.3 is 15.3 Å². The van der Waals surface area contributed by atoms with E-state index in [9.17, 15) is 23.1 Å². The summed E-state index contributed by atoms with van der Waals surface area (Å²) < 4.78 is 27.9. The van der Waals surface area contributed by atoms with Gasteiger partial charge in [-0.05, 0) is 57.2 Å². The molecule has 0 bridgehead atoms. The number of piperazine rings is 1. The average molecular weight is 635 g/mol. The third-order valence-corrected chi connectivity index (χ3v) is 7.31. The Balaban J connectivity index is 0.00000267. The molecule has 4 rings (SSSR count). The molecule has 1 aliphatic heterocycles. The second kappa shape index (κ2) is 14.2. The molecule has 220 valence electrons. The van der Waals surface area contributed by atoms with Crippen LogP contribution in [0.25, 0.3) is 10.9 Å². The van der Waals surface area contributed by atoms with Crippen LogP contribution in [0.5, 0.6) is 0 Å². The topological polar surface area (TPSA) is 132 Å². The molecule has 0 aliphatic carbocycles. The van der Waals surface area contributed by atoms with Gasteiger partial charge in [-0.15, -0.1) is 37.2 Å². The summed E-state index contributed by atoms with van der Waals surface area (Å²) in [5, 5.41) is 13.2. The second-order valence-electron chi connectivity index (χ2n) is 10.0. The van der Waals surface area contributed by atoms with Crippen molar-refractivity contribution in [3.8, 4) is 0 Å². The minimum atomic E-state index is -3.82. The van der Waals surface area contributed by atoms with Gasteiger partial charge in [0.25, 0.3) is 10.0 Å². The predicted octanol–water partition coefficient (Wildman–Crippen LogP) is 4.04. The standard InChI is InChI=1S/C26H31N5O5S.3ClH/c1-26(2,3)28-24(32)17-30-11-13-31(14-12-30)23-16-21(25(33)34)20-15-18(9-10-22(20)27-23)29-37(35,36)19-7-5-4-6-8-19;;;/h4-10,15-16,29H,11-14,17H2,1-3H3,(H,28,32)(H,33,34);3*1H. The van der Waals surface area contributed by atoms with Crippen LogP contribution in [0.2, 0.25) is 0 Å². The number of fused-ring (bicyclic) bond motifs is 1. The van der Waals surface area contributed by atoms with E-state index in [1.54, 1.807) is 30.3 Å². The van der Waals surface area contributed by atoms with E-state index in [1.807, 2.05) is 25.7 Å². The largest absolute Gasteiger partial charge is 0.478 e. The zero-order valence-corrected chi connectivity index (χ0v) is 25.6. The molecular formula is C26H34Cl3N5O5S. The van der Waals surface area contributed by atoms with E-state index in [0.717, 1.165) is 0 Å². The van der Waals surface area contributed by atoms with E-state index in [0.29, 0.717) is 49.4 Å². The molecule has 2 aromatic carbocycles. The number of carboxylic acids is 1. The molecule has 10 nitrogen and oxygen atoms in total. The van der Waals surface area contributed by atoms with Crippen molar-refractivity contribution in [3.63, 3.8) is 0 Å². The molecular weight excluding hydrogens is 601 g/mol. The first-order valence-corrected chi connectivity index (χ1v) is 13.4. The minimum Gasteiger partial charge on any atom is -0.478 e. The van der Waals surface area contributed by atoms with Gasteiger partial charge in [-0.25, -0.2) is 18.2 Å². The molecule has 40 heavy (non-hydrogen) atoms. The Labute approximate surface area is 252 Å². The maximum atomic E-state index is 12.7. The summed E-state index contributed by atoms with van der Waals surface area (Å²) >= 11 is 0. The first-order valence-electron chi connectivity index (χ1n) is 12.0. The first-order chi connectivity index (χ1) is 17.4. The molecule has 1 fully saturated rings. The van der Waals surface area contributed by atoms with E-state index >= 15 is 0 Å². The molecule has 0 atom stereocenters. The van der Waals surface area contributed by atoms with E-state index in [4.69, 9.17) is 0 Å². The highest BCUT2D eigenvalue weighted by molar-refractivity contribution is 7.92. The number of pyridine rings is 1. The van der Waals surface area contributed by atoms with Crippen molar-refractivity contribution < 1.29 is 23.1 Å². The van der Waals surface area contributed by atoms with Gasteiger partial charge in [0.1, 0.15) is 5.82 Å². The monoisotopic (exact) mass is 633 g/mol. The molecule has 1 aromatic heterocycles. The maximum absolute atomic E-state index is 12.7. The molecule has 1 aliphatic rings. The number of nitrogens with one attached hydrogen (secondary N) is 2. The Hall–Kier alpha value is -2.83. The Bertz CT molecular complexity index is 1430. The number of benzene rings is 2. The van der Waals surface area contributed by atoms with Crippen LogP contribution in [-0.4, -0.2) is 73.5 Å². The number of hydrogen-bond donors (Lipinski definition) is 3. The van der Waals surface area contributed by atoms with Crippen LogP contribution < -0.4 is 14.9 Å². The Morgan fingerprint density at radius 2 is 1.57 bits per heavy atom. The lowest BCUT2D eigenvalue weighted by atomic mass is 10.1. The number of nitrogens with zero attached hydrogens (tertiary/aromatic N) is 3. The van der Waals surface area contributed by atoms with Gasteiger partial charge in [-0.3, -0.25) is 14.4 Å². The number of carbonyl (C=O) groups excluding carboxylic acids is 1. The van der Waals surface area contributed by atoms with E-state index < -0.39 is 16.0 Å². The quantitative estimate of drug-likeness (QED) is 0.355. The molecule has 2 heterocycles. The van der Waals surface area contributed by atoms with Crippen LogP contribution in [0.1, 0.15) is 31.1 Å². The maximum Gasteiger partial charge on any atom is 0.336 e. The lowest BCUT2D eigenvalue weighted by molar-refractivity contribution is -0.123. The molecule has 0 radical (unpaired) electrons. The highest BCUT2D eigenvalue weighted by atomic mass is 35.5. The molecule has 3 N–H and O–H groups in total. The predicted molar refractivity (Wildman–Crippen MR) is 164 cm³/mol. The summed E-state index contributed by atoms with van der Waals surface area (Å²) in [5.74, 6) is -0.632. The Kier molecular flexibility index (Phi) is 12.5. The number of carboxylic acid groups (broad SMARTS) is 1. The fourth-order valence-corrected chi connectivity index (χ4v) is 5.29. The van der Waals surface area contributed by atoms with Crippen LogP contribution in [0.15, 0.2) is 59.5 Å². The third-order valence-electron chi connectivity index (χ3n) is 5.91. The van der Waals surface area contributed by atoms with Gasteiger partial charge in [0, 0.05) is 42.8 Å². The van der Waals surface area contributed by atoms with Crippen LogP contribution in [-0.2, 0) is 14.8 Å². The van der Waals surface area contributed by atoms with Crippen molar-refractivity contribution >= 4 is 81.5 Å². The first kappa shape index (κ1) is 35.2. The van der Waals surface area contributed by atoms with E-state index in [2.05, 4.69) is 19.9 Å². The van der Waals surface area contributed by atoms with Gasteiger partial charge in [-0.1, -0.05) is 18.2 Å². The lowest BCUT2D eigenvalue weighted by Gasteiger charge is -2.35. The van der Waals surface area contributed by atoms with Crippen molar-refractivity contribution in [2.24, 2.45) is 0 Å². The van der Waals surface area contributed by atoms with Crippen molar-refractivity contribution in [1.29, 1.82) is 0 Å². The highest BCUT2D eigenvalue weighted by Gasteiger charge is 2.24.